The second-order valence-corrected chi connectivity index (χ2v) is 7.21. The number of anilines is 1. The van der Waals surface area contributed by atoms with Gasteiger partial charge < -0.3 is 10.6 Å². The Morgan fingerprint density at radius 1 is 1.08 bits per heavy atom. The summed E-state index contributed by atoms with van der Waals surface area (Å²) < 4.78 is 0. The lowest BCUT2D eigenvalue weighted by molar-refractivity contribution is -0.123. The van der Waals surface area contributed by atoms with Crippen LogP contribution in [0.5, 0.6) is 0 Å². The molecule has 5 heteroatoms. The van der Waals surface area contributed by atoms with Crippen LogP contribution in [0.3, 0.4) is 0 Å². The van der Waals surface area contributed by atoms with Crippen molar-refractivity contribution in [3.05, 3.63) is 65.2 Å². The van der Waals surface area contributed by atoms with Crippen molar-refractivity contribution >= 4 is 17.5 Å². The van der Waals surface area contributed by atoms with Crippen LogP contribution in [0.25, 0.3) is 0 Å². The molecule has 0 aliphatic carbocycles. The number of hydrogen-bond acceptors (Lipinski definition) is 3. The Balaban J connectivity index is 2.08. The summed E-state index contributed by atoms with van der Waals surface area (Å²) in [6.07, 6.45) is 0. The molecule has 2 rings (SSSR count). The van der Waals surface area contributed by atoms with Crippen LogP contribution in [0.1, 0.15) is 55.2 Å². The van der Waals surface area contributed by atoms with Gasteiger partial charge in [0.15, 0.2) is 0 Å². The van der Waals surface area contributed by atoms with E-state index in [1.165, 1.54) is 0 Å². The molecule has 0 aliphatic rings. The standard InChI is InChI=1S/C21H23N3O2/c1-14(16-10-8-15(13-22)9-11-16)23-19(25)17-6-5-7-18(12-17)24-20(26)21(2,3)4/h5-12,14H,1-4H3,(H,23,25)(H,24,26). The molecule has 2 amide bonds. The topological polar surface area (TPSA) is 82.0 Å². The third kappa shape index (κ3) is 4.93. The maximum absolute atomic E-state index is 12.5. The molecule has 0 radical (unpaired) electrons. The SMILES string of the molecule is CC(NC(=O)c1cccc(NC(=O)C(C)(C)C)c1)c1ccc(C#N)cc1. The molecule has 0 aromatic heterocycles. The van der Waals surface area contributed by atoms with Gasteiger partial charge in [-0.1, -0.05) is 39.0 Å². The van der Waals surface area contributed by atoms with Gasteiger partial charge in [-0.2, -0.15) is 5.26 Å². The lowest BCUT2D eigenvalue weighted by Gasteiger charge is -2.18. The van der Waals surface area contributed by atoms with Crippen molar-refractivity contribution in [2.24, 2.45) is 5.41 Å². The lowest BCUT2D eigenvalue weighted by atomic mass is 9.95. The van der Waals surface area contributed by atoms with Gasteiger partial charge in [-0.3, -0.25) is 9.59 Å². The van der Waals surface area contributed by atoms with Gasteiger partial charge in [0.05, 0.1) is 17.7 Å². The highest BCUT2D eigenvalue weighted by Gasteiger charge is 2.21. The minimum absolute atomic E-state index is 0.110. The van der Waals surface area contributed by atoms with Crippen molar-refractivity contribution in [1.29, 1.82) is 5.26 Å². The van der Waals surface area contributed by atoms with Gasteiger partial charge in [-0.15, -0.1) is 0 Å². The summed E-state index contributed by atoms with van der Waals surface area (Å²) in [5, 5.41) is 14.6. The van der Waals surface area contributed by atoms with E-state index in [2.05, 4.69) is 16.7 Å². The number of carbonyl (C=O) groups excluding carboxylic acids is 2. The van der Waals surface area contributed by atoms with Crippen molar-refractivity contribution in [3.63, 3.8) is 0 Å². The molecule has 2 aromatic carbocycles. The summed E-state index contributed by atoms with van der Waals surface area (Å²) >= 11 is 0. The minimum Gasteiger partial charge on any atom is -0.346 e. The van der Waals surface area contributed by atoms with Crippen LogP contribution in [-0.2, 0) is 4.79 Å². The van der Waals surface area contributed by atoms with Crippen LogP contribution in [-0.4, -0.2) is 11.8 Å². The van der Waals surface area contributed by atoms with Gasteiger partial charge in [0.25, 0.3) is 5.91 Å². The van der Waals surface area contributed by atoms with Crippen LogP contribution in [0.15, 0.2) is 48.5 Å². The van der Waals surface area contributed by atoms with E-state index in [0.29, 0.717) is 16.8 Å². The molecule has 0 aliphatic heterocycles. The van der Waals surface area contributed by atoms with E-state index in [4.69, 9.17) is 5.26 Å². The fraction of sp³-hybridized carbons (Fsp3) is 0.286. The van der Waals surface area contributed by atoms with Gasteiger partial charge in [0.1, 0.15) is 0 Å². The minimum atomic E-state index is -0.512. The Morgan fingerprint density at radius 2 is 1.73 bits per heavy atom. The normalized spacial score (nSPS) is 12.0. The molecule has 0 heterocycles. The number of nitrogens with zero attached hydrogens (tertiary/aromatic N) is 1. The molecule has 134 valence electrons. The van der Waals surface area contributed by atoms with Crippen molar-refractivity contribution in [2.45, 2.75) is 33.7 Å². The summed E-state index contributed by atoms with van der Waals surface area (Å²) in [6.45, 7) is 7.37. The van der Waals surface area contributed by atoms with Gasteiger partial charge >= 0.3 is 0 Å². The molecule has 5 nitrogen and oxygen atoms in total. The first-order valence-corrected chi connectivity index (χ1v) is 8.43. The van der Waals surface area contributed by atoms with E-state index in [9.17, 15) is 9.59 Å². The van der Waals surface area contributed by atoms with E-state index >= 15 is 0 Å². The summed E-state index contributed by atoms with van der Waals surface area (Å²) in [7, 11) is 0. The number of nitrogens with one attached hydrogen (secondary N) is 2. The number of benzene rings is 2. The van der Waals surface area contributed by atoms with Crippen LogP contribution < -0.4 is 10.6 Å². The van der Waals surface area contributed by atoms with Crippen molar-refractivity contribution < 1.29 is 9.59 Å². The first-order valence-electron chi connectivity index (χ1n) is 8.43. The van der Waals surface area contributed by atoms with E-state index in [1.807, 2.05) is 39.8 Å². The fourth-order valence-corrected chi connectivity index (χ4v) is 2.27. The first kappa shape index (κ1) is 19.2. The van der Waals surface area contributed by atoms with Gasteiger partial charge in [0, 0.05) is 16.7 Å². The van der Waals surface area contributed by atoms with Crippen LogP contribution >= 0.6 is 0 Å². The summed E-state index contributed by atoms with van der Waals surface area (Å²) in [6, 6.07) is 15.8. The van der Waals surface area contributed by atoms with E-state index in [-0.39, 0.29) is 17.9 Å². The average Bonchev–Trinajstić information content (AvgIpc) is 2.61. The zero-order chi connectivity index (χ0) is 19.3. The summed E-state index contributed by atoms with van der Waals surface area (Å²) in [5.41, 5.74) is 2.03. The van der Waals surface area contributed by atoms with E-state index < -0.39 is 5.41 Å². The number of amides is 2. The Kier molecular flexibility index (Phi) is 5.78. The average molecular weight is 349 g/mol. The van der Waals surface area contributed by atoms with Gasteiger partial charge in [-0.05, 0) is 42.8 Å². The maximum atomic E-state index is 12.5. The fourth-order valence-electron chi connectivity index (χ4n) is 2.27. The third-order valence-electron chi connectivity index (χ3n) is 3.95. The number of nitriles is 1. The highest BCUT2D eigenvalue weighted by atomic mass is 16.2. The van der Waals surface area contributed by atoms with Gasteiger partial charge in [0.2, 0.25) is 5.91 Å². The molecular weight excluding hydrogens is 326 g/mol. The second kappa shape index (κ2) is 7.83. The lowest BCUT2D eigenvalue weighted by Crippen LogP contribution is -2.28. The Bertz CT molecular complexity index is 843. The van der Waals surface area contributed by atoms with E-state index in [0.717, 1.165) is 5.56 Å². The van der Waals surface area contributed by atoms with E-state index in [1.54, 1.807) is 36.4 Å². The first-order chi connectivity index (χ1) is 12.2. The molecule has 0 saturated heterocycles. The molecule has 1 atom stereocenters. The number of hydrogen-bond donors (Lipinski definition) is 2. The smallest absolute Gasteiger partial charge is 0.251 e. The second-order valence-electron chi connectivity index (χ2n) is 7.21. The number of rotatable bonds is 4. The largest absolute Gasteiger partial charge is 0.346 e. The highest BCUT2D eigenvalue weighted by Crippen LogP contribution is 2.19. The molecule has 1 unspecified atom stereocenters. The predicted octanol–water partition coefficient (Wildman–Crippen LogP) is 4.03. The molecule has 0 bridgehead atoms. The molecular formula is C21H23N3O2. The molecule has 0 fully saturated rings. The third-order valence-corrected chi connectivity index (χ3v) is 3.95. The van der Waals surface area contributed by atoms with Crippen LogP contribution in [0.4, 0.5) is 5.69 Å². The highest BCUT2D eigenvalue weighted by molar-refractivity contribution is 5.98. The quantitative estimate of drug-likeness (QED) is 0.874. The Hall–Kier alpha value is -3.13. The molecule has 2 aromatic rings. The summed E-state index contributed by atoms with van der Waals surface area (Å²) in [5.74, 6) is -0.338. The predicted molar refractivity (Wildman–Crippen MR) is 102 cm³/mol. The van der Waals surface area contributed by atoms with Crippen LogP contribution in [0, 0.1) is 16.7 Å². The Morgan fingerprint density at radius 3 is 2.31 bits per heavy atom. The molecule has 2 N–H and O–H groups in total. The van der Waals surface area contributed by atoms with Crippen LogP contribution in [0.2, 0.25) is 0 Å². The maximum Gasteiger partial charge on any atom is 0.251 e. The summed E-state index contributed by atoms with van der Waals surface area (Å²) in [4.78, 5) is 24.6. The molecule has 26 heavy (non-hydrogen) atoms. The Labute approximate surface area is 154 Å². The molecule has 0 spiro atoms. The van der Waals surface area contributed by atoms with Gasteiger partial charge in [-0.25, -0.2) is 0 Å². The zero-order valence-corrected chi connectivity index (χ0v) is 15.5. The number of carbonyl (C=O) groups is 2. The van der Waals surface area contributed by atoms with Crippen molar-refractivity contribution in [2.75, 3.05) is 5.32 Å². The monoisotopic (exact) mass is 349 g/mol. The molecule has 0 saturated carbocycles. The zero-order valence-electron chi connectivity index (χ0n) is 15.5. The van der Waals surface area contributed by atoms with Crippen molar-refractivity contribution in [3.8, 4) is 6.07 Å². The van der Waals surface area contributed by atoms with Crippen molar-refractivity contribution in [1.82, 2.24) is 5.32 Å².